The van der Waals surface area contributed by atoms with Gasteiger partial charge in [0, 0.05) is 11.8 Å². The third-order valence-corrected chi connectivity index (χ3v) is 3.65. The van der Waals surface area contributed by atoms with Crippen LogP contribution in [0.5, 0.6) is 11.5 Å². The number of hydrogen-bond donors (Lipinski definition) is 1. The van der Waals surface area contributed by atoms with E-state index < -0.39 is 23.8 Å². The second-order valence-corrected chi connectivity index (χ2v) is 5.76. The van der Waals surface area contributed by atoms with Crippen molar-refractivity contribution in [2.24, 2.45) is 0 Å². The molecule has 0 saturated heterocycles. The number of benzene rings is 2. The maximum absolute atomic E-state index is 13.1. The van der Waals surface area contributed by atoms with E-state index in [1.165, 1.54) is 50.5 Å². The lowest BCUT2D eigenvalue weighted by atomic mass is 10.2. The SMILES string of the molecule is CCOc1ccc(/C=C/C(=O)O[C@H](C)C(=O)Nc2cccc(F)c2)cc1OC. The molecule has 0 aliphatic rings. The highest BCUT2D eigenvalue weighted by atomic mass is 19.1. The molecular formula is C21H22FNO5. The Morgan fingerprint density at radius 2 is 1.96 bits per heavy atom. The zero-order valence-corrected chi connectivity index (χ0v) is 15.9. The van der Waals surface area contributed by atoms with Crippen LogP contribution in [-0.4, -0.2) is 31.7 Å². The maximum Gasteiger partial charge on any atom is 0.331 e. The zero-order chi connectivity index (χ0) is 20.5. The summed E-state index contributed by atoms with van der Waals surface area (Å²) in [4.78, 5) is 24.0. The summed E-state index contributed by atoms with van der Waals surface area (Å²) in [5, 5.41) is 2.48. The smallest absolute Gasteiger partial charge is 0.331 e. The van der Waals surface area contributed by atoms with Crippen molar-refractivity contribution in [3.05, 3.63) is 59.9 Å². The van der Waals surface area contributed by atoms with Gasteiger partial charge in [0.15, 0.2) is 17.6 Å². The molecular weight excluding hydrogens is 365 g/mol. The third-order valence-electron chi connectivity index (χ3n) is 3.65. The van der Waals surface area contributed by atoms with E-state index in [2.05, 4.69) is 5.32 Å². The highest BCUT2D eigenvalue weighted by molar-refractivity contribution is 5.96. The van der Waals surface area contributed by atoms with Crippen molar-refractivity contribution in [2.75, 3.05) is 19.0 Å². The molecule has 1 N–H and O–H groups in total. The van der Waals surface area contributed by atoms with E-state index in [1.807, 2.05) is 6.92 Å². The summed E-state index contributed by atoms with van der Waals surface area (Å²) in [5.74, 6) is -0.575. The molecule has 0 unspecified atom stereocenters. The summed E-state index contributed by atoms with van der Waals surface area (Å²) in [6.07, 6.45) is 1.70. The number of nitrogens with one attached hydrogen (secondary N) is 1. The molecule has 2 aromatic rings. The molecule has 2 aromatic carbocycles. The lowest BCUT2D eigenvalue weighted by Gasteiger charge is -2.12. The summed E-state index contributed by atoms with van der Waals surface area (Å²) < 4.78 is 28.9. The van der Waals surface area contributed by atoms with E-state index in [-0.39, 0.29) is 5.69 Å². The first kappa shape index (κ1) is 21.0. The third kappa shape index (κ3) is 6.12. The summed E-state index contributed by atoms with van der Waals surface area (Å²) >= 11 is 0. The van der Waals surface area contributed by atoms with Crippen LogP contribution < -0.4 is 14.8 Å². The van der Waals surface area contributed by atoms with Crippen molar-refractivity contribution in [2.45, 2.75) is 20.0 Å². The average Bonchev–Trinajstić information content (AvgIpc) is 2.67. The molecule has 0 aliphatic heterocycles. The lowest BCUT2D eigenvalue weighted by Crippen LogP contribution is -2.29. The van der Waals surface area contributed by atoms with Crippen LogP contribution in [0, 0.1) is 5.82 Å². The monoisotopic (exact) mass is 387 g/mol. The van der Waals surface area contributed by atoms with Crippen LogP contribution in [0.4, 0.5) is 10.1 Å². The van der Waals surface area contributed by atoms with Gasteiger partial charge in [0.25, 0.3) is 5.91 Å². The molecule has 0 saturated carbocycles. The predicted molar refractivity (Wildman–Crippen MR) is 104 cm³/mol. The molecule has 7 heteroatoms. The topological polar surface area (TPSA) is 73.9 Å². The molecule has 1 atom stereocenters. The largest absolute Gasteiger partial charge is 0.493 e. The Morgan fingerprint density at radius 1 is 1.18 bits per heavy atom. The van der Waals surface area contributed by atoms with Gasteiger partial charge < -0.3 is 19.5 Å². The van der Waals surface area contributed by atoms with Gasteiger partial charge in [-0.15, -0.1) is 0 Å². The van der Waals surface area contributed by atoms with Gasteiger partial charge in [-0.25, -0.2) is 9.18 Å². The van der Waals surface area contributed by atoms with E-state index >= 15 is 0 Å². The average molecular weight is 387 g/mol. The minimum absolute atomic E-state index is 0.282. The van der Waals surface area contributed by atoms with E-state index in [0.29, 0.717) is 23.7 Å². The minimum Gasteiger partial charge on any atom is -0.493 e. The number of carbonyl (C=O) groups is 2. The van der Waals surface area contributed by atoms with Crippen LogP contribution in [0.3, 0.4) is 0 Å². The van der Waals surface area contributed by atoms with Crippen LogP contribution in [0.1, 0.15) is 19.4 Å². The fraction of sp³-hybridized carbons (Fsp3) is 0.238. The van der Waals surface area contributed by atoms with E-state index in [1.54, 1.807) is 18.2 Å². The van der Waals surface area contributed by atoms with Gasteiger partial charge in [-0.05, 0) is 55.8 Å². The first-order valence-electron chi connectivity index (χ1n) is 8.69. The molecule has 0 fully saturated rings. The molecule has 0 radical (unpaired) electrons. The molecule has 0 heterocycles. The fourth-order valence-corrected chi connectivity index (χ4v) is 2.30. The first-order chi connectivity index (χ1) is 13.4. The Balaban J connectivity index is 1.94. The highest BCUT2D eigenvalue weighted by Crippen LogP contribution is 2.28. The lowest BCUT2D eigenvalue weighted by molar-refractivity contribution is -0.148. The number of amides is 1. The molecule has 0 aliphatic carbocycles. The Hall–Kier alpha value is -3.35. The summed E-state index contributed by atoms with van der Waals surface area (Å²) in [5.41, 5.74) is 0.985. The summed E-state index contributed by atoms with van der Waals surface area (Å²) in [7, 11) is 1.53. The van der Waals surface area contributed by atoms with Gasteiger partial charge in [0.05, 0.1) is 13.7 Å². The number of halogens is 1. The second-order valence-electron chi connectivity index (χ2n) is 5.76. The number of rotatable bonds is 8. The van der Waals surface area contributed by atoms with Crippen molar-refractivity contribution < 1.29 is 28.2 Å². The van der Waals surface area contributed by atoms with E-state index in [0.717, 1.165) is 0 Å². The van der Waals surface area contributed by atoms with Gasteiger partial charge >= 0.3 is 5.97 Å². The Bertz CT molecular complexity index is 866. The Morgan fingerprint density at radius 3 is 2.64 bits per heavy atom. The van der Waals surface area contributed by atoms with E-state index in [9.17, 15) is 14.0 Å². The van der Waals surface area contributed by atoms with E-state index in [4.69, 9.17) is 14.2 Å². The van der Waals surface area contributed by atoms with Crippen molar-refractivity contribution in [1.82, 2.24) is 0 Å². The predicted octanol–water partition coefficient (Wildman–Crippen LogP) is 3.82. The second kappa shape index (κ2) is 10.1. The Kier molecular flexibility index (Phi) is 7.56. The number of carbonyl (C=O) groups excluding carboxylic acids is 2. The molecule has 6 nitrogen and oxygen atoms in total. The first-order valence-corrected chi connectivity index (χ1v) is 8.69. The Labute approximate surface area is 162 Å². The van der Waals surface area contributed by atoms with Gasteiger partial charge in [0.1, 0.15) is 5.82 Å². The van der Waals surface area contributed by atoms with Crippen molar-refractivity contribution in [3.8, 4) is 11.5 Å². The van der Waals surface area contributed by atoms with Crippen LogP contribution in [0.15, 0.2) is 48.5 Å². The standard InChI is InChI=1S/C21H22FNO5/c1-4-27-18-10-8-15(12-19(18)26-3)9-11-20(24)28-14(2)21(25)23-17-7-5-6-16(22)13-17/h5-14H,4H2,1-3H3,(H,23,25)/b11-9+/t14-/m1/s1. The number of esters is 1. The number of ether oxygens (including phenoxy) is 3. The quantitative estimate of drug-likeness (QED) is 0.551. The summed E-state index contributed by atoms with van der Waals surface area (Å²) in [6, 6.07) is 10.7. The maximum atomic E-state index is 13.1. The molecule has 0 aromatic heterocycles. The van der Waals surface area contributed by atoms with Crippen LogP contribution in [0.25, 0.3) is 6.08 Å². The normalized spacial score (nSPS) is 11.7. The molecule has 1 amide bonds. The number of hydrogen-bond acceptors (Lipinski definition) is 5. The van der Waals surface area contributed by atoms with Gasteiger partial charge in [-0.3, -0.25) is 4.79 Å². The fourth-order valence-electron chi connectivity index (χ4n) is 2.30. The summed E-state index contributed by atoms with van der Waals surface area (Å²) in [6.45, 7) is 3.81. The van der Waals surface area contributed by atoms with Crippen molar-refractivity contribution >= 4 is 23.6 Å². The highest BCUT2D eigenvalue weighted by Gasteiger charge is 2.17. The number of methoxy groups -OCH3 is 1. The van der Waals surface area contributed by atoms with Gasteiger partial charge in [-0.2, -0.15) is 0 Å². The molecule has 0 spiro atoms. The van der Waals surface area contributed by atoms with Crippen LogP contribution in [0.2, 0.25) is 0 Å². The minimum atomic E-state index is -1.05. The van der Waals surface area contributed by atoms with Crippen molar-refractivity contribution in [3.63, 3.8) is 0 Å². The van der Waals surface area contributed by atoms with Crippen LogP contribution >= 0.6 is 0 Å². The zero-order valence-electron chi connectivity index (χ0n) is 15.9. The van der Waals surface area contributed by atoms with Crippen LogP contribution in [-0.2, 0) is 14.3 Å². The molecule has 28 heavy (non-hydrogen) atoms. The number of anilines is 1. The van der Waals surface area contributed by atoms with Crippen molar-refractivity contribution in [1.29, 1.82) is 0 Å². The molecule has 148 valence electrons. The van der Waals surface area contributed by atoms with Gasteiger partial charge in [-0.1, -0.05) is 12.1 Å². The molecule has 2 rings (SSSR count). The van der Waals surface area contributed by atoms with Gasteiger partial charge in [0.2, 0.25) is 0 Å². The molecule has 0 bridgehead atoms.